The number of benzene rings is 3. The monoisotopic (exact) mass is 446 g/mol. The zero-order valence-corrected chi connectivity index (χ0v) is 19.0. The van der Waals surface area contributed by atoms with Crippen molar-refractivity contribution in [3.05, 3.63) is 108 Å². The van der Waals surface area contributed by atoms with E-state index in [1.54, 1.807) is 0 Å². The van der Waals surface area contributed by atoms with Gasteiger partial charge in [0.2, 0.25) is 0 Å². The molecule has 1 aliphatic rings. The Balaban J connectivity index is 1.40. The molecule has 0 N–H and O–H groups in total. The van der Waals surface area contributed by atoms with Gasteiger partial charge in [-0.15, -0.1) is 0 Å². The van der Waals surface area contributed by atoms with Crippen LogP contribution < -0.4 is 0 Å². The number of thiocarbonyl (C=S) groups is 1. The van der Waals surface area contributed by atoms with Crippen LogP contribution in [0.15, 0.2) is 91.0 Å². The summed E-state index contributed by atoms with van der Waals surface area (Å²) < 4.78 is 0.803. The minimum atomic E-state index is -0.335. The Labute approximate surface area is 194 Å². The predicted molar refractivity (Wildman–Crippen MR) is 133 cm³/mol. The normalized spacial score (nSPS) is 15.4. The molecular formula is C26H26N2OS2. The maximum Gasteiger partial charge on any atom is 0.180 e. The molecule has 0 spiro atoms. The second-order valence-corrected chi connectivity index (χ2v) is 9.39. The quantitative estimate of drug-likeness (QED) is 0.370. The van der Waals surface area contributed by atoms with E-state index in [0.717, 1.165) is 48.2 Å². The van der Waals surface area contributed by atoms with Gasteiger partial charge in [0.1, 0.15) is 4.32 Å². The number of Topliss-reactive ketones (excluding diaryl/α,β-unsaturated/α-hetero) is 1. The molecule has 0 aliphatic carbocycles. The highest BCUT2D eigenvalue weighted by Crippen LogP contribution is 2.34. The molecule has 1 heterocycles. The van der Waals surface area contributed by atoms with Crippen LogP contribution in [-0.2, 0) is 6.54 Å². The summed E-state index contributed by atoms with van der Waals surface area (Å²) in [4.78, 5) is 18.0. The first-order valence-electron chi connectivity index (χ1n) is 10.6. The van der Waals surface area contributed by atoms with E-state index in [4.69, 9.17) is 12.2 Å². The first-order valence-corrected chi connectivity index (χ1v) is 11.9. The van der Waals surface area contributed by atoms with Gasteiger partial charge in [0.15, 0.2) is 5.78 Å². The number of carbonyl (C=O) groups is 1. The third-order valence-electron chi connectivity index (χ3n) is 5.50. The van der Waals surface area contributed by atoms with Crippen LogP contribution in [0.2, 0.25) is 0 Å². The van der Waals surface area contributed by atoms with Crippen LogP contribution in [0.3, 0.4) is 0 Å². The van der Waals surface area contributed by atoms with E-state index in [9.17, 15) is 4.79 Å². The van der Waals surface area contributed by atoms with Gasteiger partial charge in [-0.25, -0.2) is 0 Å². The molecule has 1 aliphatic heterocycles. The van der Waals surface area contributed by atoms with Crippen molar-refractivity contribution in [3.8, 4) is 0 Å². The van der Waals surface area contributed by atoms with Crippen LogP contribution in [0.5, 0.6) is 0 Å². The fourth-order valence-electron chi connectivity index (χ4n) is 3.76. The lowest BCUT2D eigenvalue weighted by Crippen LogP contribution is -2.47. The molecule has 158 valence electrons. The van der Waals surface area contributed by atoms with Crippen molar-refractivity contribution < 1.29 is 4.79 Å². The van der Waals surface area contributed by atoms with Gasteiger partial charge < -0.3 is 4.90 Å². The summed E-state index contributed by atoms with van der Waals surface area (Å²) >= 11 is 7.31. The minimum absolute atomic E-state index is 0.0989. The van der Waals surface area contributed by atoms with Crippen LogP contribution in [0.4, 0.5) is 0 Å². The van der Waals surface area contributed by atoms with Crippen LogP contribution in [0, 0.1) is 0 Å². The Morgan fingerprint density at radius 1 is 0.806 bits per heavy atom. The van der Waals surface area contributed by atoms with Crippen LogP contribution in [-0.4, -0.2) is 46.1 Å². The Hall–Kier alpha value is -2.47. The lowest BCUT2D eigenvalue weighted by Gasteiger charge is -2.36. The molecule has 0 unspecified atom stereocenters. The van der Waals surface area contributed by atoms with Crippen molar-refractivity contribution >= 4 is 34.1 Å². The maximum absolute atomic E-state index is 13.3. The molecule has 0 radical (unpaired) electrons. The lowest BCUT2D eigenvalue weighted by molar-refractivity contribution is 0.0989. The highest BCUT2D eigenvalue weighted by atomic mass is 32.2. The molecule has 3 aromatic rings. The summed E-state index contributed by atoms with van der Waals surface area (Å²) in [6.07, 6.45) is 0. The summed E-state index contributed by atoms with van der Waals surface area (Å²) in [5.41, 5.74) is 3.05. The van der Waals surface area contributed by atoms with E-state index in [1.807, 2.05) is 60.7 Å². The van der Waals surface area contributed by atoms with Crippen LogP contribution in [0.1, 0.15) is 26.7 Å². The molecule has 0 bridgehead atoms. The van der Waals surface area contributed by atoms with Gasteiger partial charge in [-0.1, -0.05) is 115 Å². The number of thioether (sulfide) groups is 1. The Bertz CT molecular complexity index is 988. The van der Waals surface area contributed by atoms with E-state index < -0.39 is 0 Å². The van der Waals surface area contributed by atoms with Gasteiger partial charge in [-0.2, -0.15) is 0 Å². The standard InChI is InChI=1S/C26H26N2OS2/c29-24(22-12-6-2-7-13-22)25(23-14-8-3-9-15-23)31-26(30)28-18-16-27(17-19-28)20-21-10-4-1-5-11-21/h1-15,25H,16-20H2/t25-/m0/s1. The summed E-state index contributed by atoms with van der Waals surface area (Å²) in [7, 11) is 0. The van der Waals surface area contributed by atoms with Gasteiger partial charge in [0.25, 0.3) is 0 Å². The largest absolute Gasteiger partial charge is 0.355 e. The average molecular weight is 447 g/mol. The smallest absolute Gasteiger partial charge is 0.180 e. The van der Waals surface area contributed by atoms with Crippen molar-refractivity contribution in [2.24, 2.45) is 0 Å². The molecule has 4 rings (SSSR count). The Kier molecular flexibility index (Phi) is 7.52. The van der Waals surface area contributed by atoms with Gasteiger partial charge in [0, 0.05) is 38.3 Å². The third-order valence-corrected chi connectivity index (χ3v) is 7.23. The Morgan fingerprint density at radius 3 is 1.97 bits per heavy atom. The highest BCUT2D eigenvalue weighted by Gasteiger charge is 2.27. The number of rotatable bonds is 6. The van der Waals surface area contributed by atoms with Gasteiger partial charge in [0.05, 0.1) is 5.25 Å². The van der Waals surface area contributed by atoms with E-state index in [1.165, 1.54) is 17.3 Å². The number of hydrogen-bond donors (Lipinski definition) is 0. The van der Waals surface area contributed by atoms with E-state index >= 15 is 0 Å². The van der Waals surface area contributed by atoms with Crippen LogP contribution in [0.25, 0.3) is 0 Å². The summed E-state index contributed by atoms with van der Waals surface area (Å²) in [5.74, 6) is 0.0989. The molecule has 3 nitrogen and oxygen atoms in total. The summed E-state index contributed by atoms with van der Waals surface area (Å²) in [6, 6.07) is 30.0. The van der Waals surface area contributed by atoms with Crippen molar-refractivity contribution in [3.63, 3.8) is 0 Å². The fourth-order valence-corrected chi connectivity index (χ4v) is 5.30. The predicted octanol–water partition coefficient (Wildman–Crippen LogP) is 5.45. The number of piperazine rings is 1. The van der Waals surface area contributed by atoms with Crippen LogP contribution >= 0.6 is 24.0 Å². The van der Waals surface area contributed by atoms with E-state index in [-0.39, 0.29) is 11.0 Å². The molecule has 3 aromatic carbocycles. The average Bonchev–Trinajstić information content (AvgIpc) is 2.84. The first kappa shape index (κ1) is 21.8. The number of nitrogens with zero attached hydrogens (tertiary/aromatic N) is 2. The third kappa shape index (κ3) is 5.82. The first-order chi connectivity index (χ1) is 15.2. The summed E-state index contributed by atoms with van der Waals surface area (Å²) in [6.45, 7) is 4.68. The lowest BCUT2D eigenvalue weighted by atomic mass is 10.0. The van der Waals surface area contributed by atoms with Gasteiger partial charge in [-0.05, 0) is 11.1 Å². The molecule has 1 fully saturated rings. The minimum Gasteiger partial charge on any atom is -0.355 e. The van der Waals surface area contributed by atoms with Gasteiger partial charge >= 0.3 is 0 Å². The van der Waals surface area contributed by atoms with E-state index in [0.29, 0.717) is 0 Å². The second kappa shape index (κ2) is 10.7. The van der Waals surface area contributed by atoms with Crippen molar-refractivity contribution in [2.75, 3.05) is 26.2 Å². The Morgan fingerprint density at radius 2 is 1.35 bits per heavy atom. The highest BCUT2D eigenvalue weighted by molar-refractivity contribution is 8.23. The molecule has 0 saturated carbocycles. The topological polar surface area (TPSA) is 23.6 Å². The number of hydrogen-bond acceptors (Lipinski definition) is 4. The molecule has 5 heteroatoms. The fraction of sp³-hybridized carbons (Fsp3) is 0.231. The van der Waals surface area contributed by atoms with Gasteiger partial charge in [-0.3, -0.25) is 9.69 Å². The van der Waals surface area contributed by atoms with Crippen molar-refractivity contribution in [1.82, 2.24) is 9.80 Å². The van der Waals surface area contributed by atoms with Crippen molar-refractivity contribution in [2.45, 2.75) is 11.8 Å². The molecule has 0 amide bonds. The zero-order valence-electron chi connectivity index (χ0n) is 17.4. The molecule has 0 aromatic heterocycles. The summed E-state index contributed by atoms with van der Waals surface area (Å²) in [5, 5.41) is -0.335. The maximum atomic E-state index is 13.3. The molecule has 31 heavy (non-hydrogen) atoms. The zero-order chi connectivity index (χ0) is 21.5. The second-order valence-electron chi connectivity index (χ2n) is 7.65. The van der Waals surface area contributed by atoms with E-state index in [2.05, 4.69) is 40.1 Å². The molecular weight excluding hydrogens is 420 g/mol. The molecule has 1 atom stereocenters. The SMILES string of the molecule is O=C(c1ccccc1)[C@@H](SC(=S)N1CCN(Cc2ccccc2)CC1)c1ccccc1. The van der Waals surface area contributed by atoms with Crippen molar-refractivity contribution in [1.29, 1.82) is 0 Å². The number of carbonyl (C=O) groups excluding carboxylic acids is 1. The number of ketones is 1. The molecule has 1 saturated heterocycles.